The molecule has 1 fully saturated rings. The molecule has 3 heteroatoms. The Bertz CT molecular complexity index is 152. The molecule has 1 saturated heterocycles. The van der Waals surface area contributed by atoms with Gasteiger partial charge in [0.2, 0.25) is 0 Å². The van der Waals surface area contributed by atoms with Crippen molar-refractivity contribution in [1.29, 1.82) is 0 Å². The van der Waals surface area contributed by atoms with Gasteiger partial charge in [-0.25, -0.2) is 0 Å². The molecule has 0 aromatic heterocycles. The molecule has 2 atom stereocenters. The first-order valence-corrected chi connectivity index (χ1v) is 5.77. The third-order valence-electron chi connectivity index (χ3n) is 3.10. The number of aliphatic hydroxyl groups excluding tert-OH is 1. The van der Waals surface area contributed by atoms with E-state index in [-0.39, 0.29) is 0 Å². The van der Waals surface area contributed by atoms with Crippen molar-refractivity contribution in [3.05, 3.63) is 0 Å². The molecule has 1 aliphatic heterocycles. The van der Waals surface area contributed by atoms with E-state index in [1.165, 1.54) is 19.5 Å². The number of nitrogens with zero attached hydrogens (tertiary/aromatic N) is 1. The van der Waals surface area contributed by atoms with Crippen LogP contribution in [0.15, 0.2) is 0 Å². The molecular formula is C11H24N2O. The van der Waals surface area contributed by atoms with Crippen LogP contribution in [0.5, 0.6) is 0 Å². The molecule has 0 radical (unpaired) electrons. The third-order valence-corrected chi connectivity index (χ3v) is 3.10. The average molecular weight is 200 g/mol. The van der Waals surface area contributed by atoms with Crippen molar-refractivity contribution in [1.82, 2.24) is 10.2 Å². The van der Waals surface area contributed by atoms with Crippen LogP contribution in [0, 0.1) is 5.92 Å². The zero-order chi connectivity index (χ0) is 10.4. The summed E-state index contributed by atoms with van der Waals surface area (Å²) in [5.74, 6) is 0.753. The minimum Gasteiger partial charge on any atom is -0.396 e. The minimum atomic E-state index is 0.324. The van der Waals surface area contributed by atoms with Crippen LogP contribution in [0.25, 0.3) is 0 Å². The van der Waals surface area contributed by atoms with Crippen molar-refractivity contribution in [3.63, 3.8) is 0 Å². The first-order valence-electron chi connectivity index (χ1n) is 5.77. The second-order valence-electron chi connectivity index (χ2n) is 4.52. The zero-order valence-corrected chi connectivity index (χ0v) is 9.50. The number of likely N-dealkylation sites (tertiary alicyclic amines) is 1. The number of aliphatic hydroxyl groups is 1. The molecule has 0 aromatic carbocycles. The molecule has 1 heterocycles. The zero-order valence-electron chi connectivity index (χ0n) is 9.50. The highest BCUT2D eigenvalue weighted by molar-refractivity contribution is 4.81. The van der Waals surface area contributed by atoms with Gasteiger partial charge >= 0.3 is 0 Å². The molecule has 0 saturated carbocycles. The number of piperidine rings is 1. The van der Waals surface area contributed by atoms with E-state index in [9.17, 15) is 0 Å². The maximum Gasteiger partial charge on any atom is 0.0431 e. The summed E-state index contributed by atoms with van der Waals surface area (Å²) in [4.78, 5) is 2.40. The Kier molecular flexibility index (Phi) is 5.45. The molecule has 2 N–H and O–H groups in total. The summed E-state index contributed by atoms with van der Waals surface area (Å²) in [6.07, 6.45) is 3.28. The second-order valence-corrected chi connectivity index (χ2v) is 4.52. The first kappa shape index (κ1) is 12.0. The van der Waals surface area contributed by atoms with E-state index in [1.54, 1.807) is 0 Å². The van der Waals surface area contributed by atoms with Crippen LogP contribution in [-0.4, -0.2) is 49.3 Å². The third kappa shape index (κ3) is 3.95. The van der Waals surface area contributed by atoms with Gasteiger partial charge in [-0.3, -0.25) is 0 Å². The summed E-state index contributed by atoms with van der Waals surface area (Å²) >= 11 is 0. The summed E-state index contributed by atoms with van der Waals surface area (Å²) in [7, 11) is 2.19. The lowest BCUT2D eigenvalue weighted by molar-refractivity contribution is 0.174. The van der Waals surface area contributed by atoms with E-state index in [2.05, 4.69) is 24.2 Å². The smallest absolute Gasteiger partial charge is 0.0431 e. The molecule has 1 rings (SSSR count). The Morgan fingerprint density at radius 3 is 2.86 bits per heavy atom. The van der Waals surface area contributed by atoms with E-state index >= 15 is 0 Å². The van der Waals surface area contributed by atoms with Gasteiger partial charge in [-0.15, -0.1) is 0 Å². The molecular weight excluding hydrogens is 176 g/mol. The summed E-state index contributed by atoms with van der Waals surface area (Å²) in [5, 5.41) is 12.2. The van der Waals surface area contributed by atoms with Crippen LogP contribution in [0.2, 0.25) is 0 Å². The fourth-order valence-electron chi connectivity index (χ4n) is 2.18. The summed E-state index contributed by atoms with van der Waals surface area (Å²) in [6.45, 7) is 6.11. The van der Waals surface area contributed by atoms with Gasteiger partial charge in [0.05, 0.1) is 0 Å². The Hall–Kier alpha value is -0.120. The molecule has 1 aliphatic rings. The summed E-state index contributed by atoms with van der Waals surface area (Å²) in [6, 6.07) is 0.685. The lowest BCUT2D eigenvalue weighted by Crippen LogP contribution is -2.47. The lowest BCUT2D eigenvalue weighted by Gasteiger charge is -2.35. The van der Waals surface area contributed by atoms with Crippen LogP contribution in [0.4, 0.5) is 0 Å². The van der Waals surface area contributed by atoms with Crippen molar-refractivity contribution in [2.24, 2.45) is 5.92 Å². The minimum absolute atomic E-state index is 0.324. The van der Waals surface area contributed by atoms with E-state index in [1.807, 2.05) is 0 Å². The average Bonchev–Trinajstić information content (AvgIpc) is 2.15. The molecule has 0 bridgehead atoms. The van der Waals surface area contributed by atoms with Crippen molar-refractivity contribution in [2.45, 2.75) is 32.2 Å². The van der Waals surface area contributed by atoms with Gasteiger partial charge in [0, 0.05) is 19.2 Å². The Morgan fingerprint density at radius 2 is 2.21 bits per heavy atom. The Morgan fingerprint density at radius 1 is 1.43 bits per heavy atom. The molecule has 0 aromatic rings. The first-order chi connectivity index (χ1) is 6.74. The number of hydrogen-bond acceptors (Lipinski definition) is 3. The molecule has 14 heavy (non-hydrogen) atoms. The quantitative estimate of drug-likeness (QED) is 0.641. The molecule has 0 amide bonds. The van der Waals surface area contributed by atoms with E-state index < -0.39 is 0 Å². The van der Waals surface area contributed by atoms with E-state index in [0.717, 1.165) is 25.3 Å². The molecule has 84 valence electrons. The second kappa shape index (κ2) is 6.38. The summed E-state index contributed by atoms with van der Waals surface area (Å²) < 4.78 is 0. The largest absolute Gasteiger partial charge is 0.396 e. The van der Waals surface area contributed by atoms with Crippen molar-refractivity contribution < 1.29 is 5.11 Å². The molecule has 2 unspecified atom stereocenters. The van der Waals surface area contributed by atoms with Gasteiger partial charge in [-0.1, -0.05) is 6.92 Å². The Labute approximate surface area is 87.5 Å². The number of hydrogen-bond donors (Lipinski definition) is 2. The number of rotatable bonds is 5. The van der Waals surface area contributed by atoms with E-state index in [0.29, 0.717) is 12.6 Å². The van der Waals surface area contributed by atoms with Gasteiger partial charge in [-0.05, 0) is 45.3 Å². The van der Waals surface area contributed by atoms with Gasteiger partial charge in [-0.2, -0.15) is 0 Å². The molecule has 3 nitrogen and oxygen atoms in total. The SMILES string of the molecule is CC1CN(C)CCC1NCCCCO. The monoisotopic (exact) mass is 200 g/mol. The number of unbranched alkanes of at least 4 members (excludes halogenated alkanes) is 1. The van der Waals surface area contributed by atoms with Crippen LogP contribution >= 0.6 is 0 Å². The van der Waals surface area contributed by atoms with E-state index in [4.69, 9.17) is 5.11 Å². The maximum atomic E-state index is 8.66. The normalized spacial score (nSPS) is 29.4. The van der Waals surface area contributed by atoms with Crippen LogP contribution < -0.4 is 5.32 Å². The standard InChI is InChI=1S/C11H24N2O/c1-10-9-13(2)7-5-11(10)12-6-3-4-8-14/h10-12,14H,3-9H2,1-2H3. The summed E-state index contributed by atoms with van der Waals surface area (Å²) in [5.41, 5.74) is 0. The fraction of sp³-hybridized carbons (Fsp3) is 1.00. The van der Waals surface area contributed by atoms with Gasteiger partial charge < -0.3 is 15.3 Å². The lowest BCUT2D eigenvalue weighted by atomic mass is 9.94. The van der Waals surface area contributed by atoms with Crippen LogP contribution in [0.3, 0.4) is 0 Å². The van der Waals surface area contributed by atoms with Crippen molar-refractivity contribution >= 4 is 0 Å². The maximum absolute atomic E-state index is 8.66. The van der Waals surface area contributed by atoms with Gasteiger partial charge in [0.15, 0.2) is 0 Å². The highest BCUT2D eigenvalue weighted by atomic mass is 16.2. The highest BCUT2D eigenvalue weighted by Gasteiger charge is 2.22. The topological polar surface area (TPSA) is 35.5 Å². The Balaban J connectivity index is 2.11. The van der Waals surface area contributed by atoms with Gasteiger partial charge in [0.25, 0.3) is 0 Å². The predicted molar refractivity (Wildman–Crippen MR) is 59.4 cm³/mol. The predicted octanol–water partition coefficient (Wildman–Crippen LogP) is 0.689. The molecule has 0 aliphatic carbocycles. The van der Waals surface area contributed by atoms with Crippen molar-refractivity contribution in [2.75, 3.05) is 33.3 Å². The molecule has 0 spiro atoms. The van der Waals surface area contributed by atoms with Gasteiger partial charge in [0.1, 0.15) is 0 Å². The van der Waals surface area contributed by atoms with Crippen LogP contribution in [0.1, 0.15) is 26.2 Å². The number of nitrogens with one attached hydrogen (secondary N) is 1. The highest BCUT2D eigenvalue weighted by Crippen LogP contribution is 2.15. The fourth-order valence-corrected chi connectivity index (χ4v) is 2.18. The van der Waals surface area contributed by atoms with Crippen LogP contribution in [-0.2, 0) is 0 Å². The van der Waals surface area contributed by atoms with Crippen molar-refractivity contribution in [3.8, 4) is 0 Å².